The predicted octanol–water partition coefficient (Wildman–Crippen LogP) is -2.68. The van der Waals surface area contributed by atoms with Crippen molar-refractivity contribution in [2.24, 2.45) is 7.05 Å². The molecule has 0 aliphatic carbocycles. The van der Waals surface area contributed by atoms with Crippen LogP contribution in [0.15, 0.2) is 28.4 Å². The Kier molecular flexibility index (Phi) is 3.72. The van der Waals surface area contributed by atoms with Crippen molar-refractivity contribution < 1.29 is 25.4 Å². The minimum absolute atomic E-state index is 0. The third-order valence-corrected chi connectivity index (χ3v) is 4.82. The summed E-state index contributed by atoms with van der Waals surface area (Å²) in [5.74, 6) is 0. The van der Waals surface area contributed by atoms with Crippen LogP contribution in [0.4, 0.5) is 0 Å². The summed E-state index contributed by atoms with van der Waals surface area (Å²) in [6.45, 7) is 1.77. The molecular weight excluding hydrogens is 270 g/mol. The molecule has 0 amide bonds. The molecule has 2 aromatic heterocycles. The molecule has 0 saturated carbocycles. The lowest BCUT2D eigenvalue weighted by Crippen LogP contribution is -3.00. The van der Waals surface area contributed by atoms with Crippen molar-refractivity contribution in [1.82, 2.24) is 8.96 Å². The number of nitrogens with zero attached hydrogens (tertiary/aromatic N) is 3. The maximum absolute atomic E-state index is 12.0. The zero-order chi connectivity index (χ0) is 11.1. The average molecular weight is 280 g/mol. The Morgan fingerprint density at radius 3 is 2.62 bits per heavy atom. The Hall–Kier alpha value is -0.920. The molecule has 16 heavy (non-hydrogen) atoms. The Bertz CT molecular complexity index is 542. The van der Waals surface area contributed by atoms with E-state index in [-0.39, 0.29) is 16.7 Å². The fourth-order valence-electron chi connectivity index (χ4n) is 1.11. The van der Waals surface area contributed by atoms with Gasteiger partial charge in [0.25, 0.3) is 10.7 Å². The first-order chi connectivity index (χ1) is 7.00. The molecule has 0 bridgehead atoms. The average Bonchev–Trinajstić information content (AvgIpc) is 2.74. The van der Waals surface area contributed by atoms with Gasteiger partial charge in [0, 0.05) is 11.1 Å². The maximum atomic E-state index is 12.0. The Labute approximate surface area is 104 Å². The molecule has 0 aromatic carbocycles. The lowest BCUT2D eigenvalue weighted by atomic mass is 10.6. The number of imidazole rings is 1. The van der Waals surface area contributed by atoms with Crippen molar-refractivity contribution in [1.29, 1.82) is 0 Å². The SMILES string of the molecule is Cc1csc(S(=O)(=O)n2cc[n+](C)c2)n1.[Cl-]. The number of hydrogen-bond acceptors (Lipinski definition) is 4. The Morgan fingerprint density at radius 2 is 2.19 bits per heavy atom. The van der Waals surface area contributed by atoms with Crippen molar-refractivity contribution in [3.05, 3.63) is 29.8 Å². The van der Waals surface area contributed by atoms with E-state index < -0.39 is 10.0 Å². The molecular formula is C8H10ClN3O2S2. The number of rotatable bonds is 2. The highest BCUT2D eigenvalue weighted by Gasteiger charge is 2.25. The lowest BCUT2D eigenvalue weighted by Gasteiger charge is -1.93. The standard InChI is InChI=1S/C8H10N3O2S2.ClH/c1-7-5-14-8(9-7)15(12,13)11-4-3-10(2)6-11;/h3-6H,1-2H3;1H/q+1;/p-1. The van der Waals surface area contributed by atoms with Gasteiger partial charge in [0.05, 0.1) is 7.05 Å². The Balaban J connectivity index is 0.00000128. The first kappa shape index (κ1) is 13.1. The molecule has 0 N–H and O–H groups in total. The summed E-state index contributed by atoms with van der Waals surface area (Å²) in [7, 11) is -1.73. The molecule has 0 radical (unpaired) electrons. The van der Waals surface area contributed by atoms with Crippen LogP contribution >= 0.6 is 11.3 Å². The van der Waals surface area contributed by atoms with E-state index in [9.17, 15) is 8.42 Å². The highest BCUT2D eigenvalue weighted by Crippen LogP contribution is 2.17. The van der Waals surface area contributed by atoms with Crippen LogP contribution in [0.5, 0.6) is 0 Å². The van der Waals surface area contributed by atoms with E-state index in [2.05, 4.69) is 4.98 Å². The zero-order valence-corrected chi connectivity index (χ0v) is 11.1. The number of hydrogen-bond donors (Lipinski definition) is 0. The second-order valence-electron chi connectivity index (χ2n) is 3.17. The summed E-state index contributed by atoms with van der Waals surface area (Å²) in [5.41, 5.74) is 0.718. The highest BCUT2D eigenvalue weighted by atomic mass is 35.5. The molecule has 0 aliphatic rings. The predicted molar refractivity (Wildman–Crippen MR) is 55.0 cm³/mol. The second-order valence-corrected chi connectivity index (χ2v) is 6.04. The molecule has 5 nitrogen and oxygen atoms in total. The first-order valence-corrected chi connectivity index (χ1v) is 6.53. The van der Waals surface area contributed by atoms with E-state index in [0.29, 0.717) is 0 Å². The maximum Gasteiger partial charge on any atom is 0.362 e. The number of aryl methyl sites for hydroxylation is 2. The van der Waals surface area contributed by atoms with Crippen LogP contribution in [0.25, 0.3) is 0 Å². The molecule has 8 heteroatoms. The largest absolute Gasteiger partial charge is 1.00 e. The third kappa shape index (κ3) is 2.26. The van der Waals surface area contributed by atoms with E-state index in [0.717, 1.165) is 21.0 Å². The molecule has 0 saturated heterocycles. The van der Waals surface area contributed by atoms with Crippen LogP contribution in [-0.4, -0.2) is 17.4 Å². The fraction of sp³-hybridized carbons (Fsp3) is 0.250. The quantitative estimate of drug-likeness (QED) is 0.563. The molecule has 88 valence electrons. The van der Waals surface area contributed by atoms with Gasteiger partial charge in [0.15, 0.2) is 0 Å². The summed E-state index contributed by atoms with van der Waals surface area (Å²) < 4.78 is 26.9. The van der Waals surface area contributed by atoms with Crippen LogP contribution < -0.4 is 17.0 Å². The van der Waals surface area contributed by atoms with Gasteiger partial charge in [-0.3, -0.25) is 0 Å². The van der Waals surface area contributed by atoms with Crippen LogP contribution in [0.2, 0.25) is 0 Å². The number of thiazole rings is 1. The summed E-state index contributed by atoms with van der Waals surface area (Å²) in [6.07, 6.45) is 4.65. The van der Waals surface area contributed by atoms with E-state index >= 15 is 0 Å². The summed E-state index contributed by atoms with van der Waals surface area (Å²) in [4.78, 5) is 3.97. The van der Waals surface area contributed by atoms with Gasteiger partial charge in [-0.2, -0.15) is 8.42 Å². The molecule has 0 spiro atoms. The van der Waals surface area contributed by atoms with Gasteiger partial charge in [0.2, 0.25) is 0 Å². The molecule has 2 heterocycles. The fourth-order valence-corrected chi connectivity index (χ4v) is 3.45. The molecule has 0 fully saturated rings. The van der Waals surface area contributed by atoms with Crippen molar-refractivity contribution in [2.45, 2.75) is 11.3 Å². The van der Waals surface area contributed by atoms with Crippen molar-refractivity contribution in [3.63, 3.8) is 0 Å². The van der Waals surface area contributed by atoms with Crippen LogP contribution in [-0.2, 0) is 17.1 Å². The monoisotopic (exact) mass is 279 g/mol. The topological polar surface area (TPSA) is 55.8 Å². The number of halogens is 1. The summed E-state index contributed by atoms with van der Waals surface area (Å²) >= 11 is 1.13. The van der Waals surface area contributed by atoms with Gasteiger partial charge >= 0.3 is 10.0 Å². The number of aromatic nitrogens is 3. The summed E-state index contributed by atoms with van der Waals surface area (Å²) in [6, 6.07) is 0. The first-order valence-electron chi connectivity index (χ1n) is 4.21. The van der Waals surface area contributed by atoms with Gasteiger partial charge in [-0.05, 0) is 6.92 Å². The van der Waals surface area contributed by atoms with Gasteiger partial charge in [0.1, 0.15) is 12.4 Å². The van der Waals surface area contributed by atoms with Crippen LogP contribution in [0, 0.1) is 6.92 Å². The van der Waals surface area contributed by atoms with Gasteiger partial charge < -0.3 is 12.4 Å². The molecule has 0 aliphatic heterocycles. The van der Waals surface area contributed by atoms with Crippen molar-refractivity contribution in [3.8, 4) is 0 Å². The van der Waals surface area contributed by atoms with Crippen molar-refractivity contribution in [2.75, 3.05) is 0 Å². The molecule has 0 atom stereocenters. The minimum Gasteiger partial charge on any atom is -1.00 e. The van der Waals surface area contributed by atoms with Gasteiger partial charge in [-0.25, -0.2) is 9.55 Å². The molecule has 2 aromatic rings. The van der Waals surface area contributed by atoms with E-state index in [4.69, 9.17) is 0 Å². The van der Waals surface area contributed by atoms with Crippen molar-refractivity contribution >= 4 is 21.4 Å². The van der Waals surface area contributed by atoms with E-state index in [1.807, 2.05) is 0 Å². The summed E-state index contributed by atoms with van der Waals surface area (Å²) in [5, 5.41) is 1.72. The lowest BCUT2D eigenvalue weighted by molar-refractivity contribution is -0.670. The van der Waals surface area contributed by atoms with E-state index in [1.165, 1.54) is 12.5 Å². The smallest absolute Gasteiger partial charge is 0.362 e. The minimum atomic E-state index is -3.49. The van der Waals surface area contributed by atoms with E-state index in [1.54, 1.807) is 30.1 Å². The van der Waals surface area contributed by atoms with Gasteiger partial charge in [-0.15, -0.1) is 15.3 Å². The van der Waals surface area contributed by atoms with Crippen LogP contribution in [0.3, 0.4) is 0 Å². The molecule has 2 rings (SSSR count). The normalized spacial score (nSPS) is 11.1. The Morgan fingerprint density at radius 1 is 1.50 bits per heavy atom. The second kappa shape index (κ2) is 4.52. The van der Waals surface area contributed by atoms with Gasteiger partial charge in [-0.1, -0.05) is 0 Å². The zero-order valence-electron chi connectivity index (χ0n) is 8.66. The highest BCUT2D eigenvalue weighted by molar-refractivity contribution is 7.91. The van der Waals surface area contributed by atoms with Crippen LogP contribution in [0.1, 0.15) is 5.69 Å². The molecule has 0 unspecified atom stereocenters. The third-order valence-electron chi connectivity index (χ3n) is 1.84.